The Morgan fingerprint density at radius 3 is 2.73 bits per heavy atom. The van der Waals surface area contributed by atoms with Crippen LogP contribution in [0.15, 0.2) is 17.0 Å². The monoisotopic (exact) mass is 331 g/mol. The number of nitro benzene ring substituents is 1. The summed E-state index contributed by atoms with van der Waals surface area (Å²) in [5.41, 5.74) is -0.698. The van der Waals surface area contributed by atoms with Crippen LogP contribution in [0.3, 0.4) is 0 Å². The molecule has 1 atom stereocenters. The van der Waals surface area contributed by atoms with E-state index in [1.807, 2.05) is 0 Å². The predicted molar refractivity (Wildman–Crippen MR) is 78.6 cm³/mol. The molecule has 1 fully saturated rings. The van der Waals surface area contributed by atoms with Crippen LogP contribution < -0.4 is 5.32 Å². The van der Waals surface area contributed by atoms with E-state index in [-0.39, 0.29) is 23.0 Å². The van der Waals surface area contributed by atoms with Crippen molar-refractivity contribution in [2.75, 3.05) is 20.1 Å². The number of nitrogens with one attached hydrogen (secondary N) is 1. The van der Waals surface area contributed by atoms with Gasteiger partial charge in [-0.25, -0.2) is 12.8 Å². The summed E-state index contributed by atoms with van der Waals surface area (Å²) in [5, 5.41) is 14.0. The molecule has 0 aromatic heterocycles. The first kappa shape index (κ1) is 16.8. The Labute approximate surface area is 128 Å². The van der Waals surface area contributed by atoms with E-state index in [0.29, 0.717) is 13.0 Å². The summed E-state index contributed by atoms with van der Waals surface area (Å²) in [6.45, 7) is 1.84. The average molecular weight is 331 g/mol. The Bertz CT molecular complexity index is 693. The van der Waals surface area contributed by atoms with E-state index < -0.39 is 26.5 Å². The molecule has 1 aliphatic heterocycles. The van der Waals surface area contributed by atoms with Gasteiger partial charge in [0.25, 0.3) is 5.69 Å². The number of hydrogen-bond acceptors (Lipinski definition) is 5. The predicted octanol–water partition coefficient (Wildman–Crippen LogP) is 1.41. The molecule has 0 saturated carbocycles. The Morgan fingerprint density at radius 1 is 1.45 bits per heavy atom. The average Bonchev–Trinajstić information content (AvgIpc) is 2.49. The van der Waals surface area contributed by atoms with E-state index in [2.05, 4.69) is 5.32 Å². The van der Waals surface area contributed by atoms with Gasteiger partial charge in [0.2, 0.25) is 10.0 Å². The standard InChI is InChI=1S/C13H18FN3O4S/c1-9-12(14)6-11(7-13(9)17(18)19)22(20,21)16-5-3-4-10(8-16)15-2/h6-7,10,15H,3-5,8H2,1-2H3. The molecule has 1 aromatic carbocycles. The van der Waals surface area contributed by atoms with Gasteiger partial charge in [-0.05, 0) is 32.9 Å². The van der Waals surface area contributed by atoms with Crippen LogP contribution in [0, 0.1) is 22.9 Å². The highest BCUT2D eigenvalue weighted by Crippen LogP contribution is 2.28. The molecular weight excluding hydrogens is 313 g/mol. The van der Waals surface area contributed by atoms with Gasteiger partial charge in [-0.2, -0.15) is 4.31 Å². The molecular formula is C13H18FN3O4S. The second kappa shape index (κ2) is 6.27. The molecule has 0 radical (unpaired) electrons. The minimum absolute atomic E-state index is 0.0220. The number of hydrogen-bond donors (Lipinski definition) is 1. The van der Waals surface area contributed by atoms with Gasteiger partial charge in [-0.3, -0.25) is 10.1 Å². The van der Waals surface area contributed by atoms with Crippen LogP contribution in [0.2, 0.25) is 0 Å². The van der Waals surface area contributed by atoms with E-state index in [4.69, 9.17) is 0 Å². The molecule has 122 valence electrons. The summed E-state index contributed by atoms with van der Waals surface area (Å²) in [6, 6.07) is 1.80. The van der Waals surface area contributed by atoms with Gasteiger partial charge in [0.15, 0.2) is 0 Å². The fourth-order valence-electron chi connectivity index (χ4n) is 2.52. The topological polar surface area (TPSA) is 92.6 Å². The number of nitrogens with zero attached hydrogens (tertiary/aromatic N) is 2. The first-order valence-electron chi connectivity index (χ1n) is 6.89. The van der Waals surface area contributed by atoms with Gasteiger partial charge in [0, 0.05) is 25.2 Å². The Hall–Kier alpha value is -1.58. The molecule has 9 heteroatoms. The van der Waals surface area contributed by atoms with Crippen molar-refractivity contribution in [3.63, 3.8) is 0 Å². The third-order valence-electron chi connectivity index (χ3n) is 3.92. The van der Waals surface area contributed by atoms with E-state index in [9.17, 15) is 22.9 Å². The van der Waals surface area contributed by atoms with Crippen molar-refractivity contribution in [3.8, 4) is 0 Å². The molecule has 1 saturated heterocycles. The molecule has 1 heterocycles. The van der Waals surface area contributed by atoms with Crippen molar-refractivity contribution in [1.29, 1.82) is 0 Å². The summed E-state index contributed by atoms with van der Waals surface area (Å²) in [5.74, 6) is -0.894. The summed E-state index contributed by atoms with van der Waals surface area (Å²) in [4.78, 5) is 9.80. The van der Waals surface area contributed by atoms with Crippen molar-refractivity contribution in [2.45, 2.75) is 30.7 Å². The second-order valence-electron chi connectivity index (χ2n) is 5.30. The van der Waals surface area contributed by atoms with Gasteiger partial charge >= 0.3 is 0 Å². The van der Waals surface area contributed by atoms with E-state index in [1.165, 1.54) is 11.2 Å². The van der Waals surface area contributed by atoms with Crippen LogP contribution in [0.5, 0.6) is 0 Å². The third-order valence-corrected chi connectivity index (χ3v) is 5.76. The number of nitro groups is 1. The molecule has 0 amide bonds. The molecule has 1 aromatic rings. The fraction of sp³-hybridized carbons (Fsp3) is 0.538. The first-order chi connectivity index (χ1) is 10.3. The van der Waals surface area contributed by atoms with Gasteiger partial charge in [-0.1, -0.05) is 0 Å². The second-order valence-corrected chi connectivity index (χ2v) is 7.24. The third kappa shape index (κ3) is 3.11. The zero-order valence-electron chi connectivity index (χ0n) is 12.4. The van der Waals surface area contributed by atoms with Crippen molar-refractivity contribution < 1.29 is 17.7 Å². The van der Waals surface area contributed by atoms with Gasteiger partial charge in [0.1, 0.15) is 5.82 Å². The van der Waals surface area contributed by atoms with Crippen LogP contribution in [0.4, 0.5) is 10.1 Å². The summed E-state index contributed by atoms with van der Waals surface area (Å²) in [6.07, 6.45) is 1.53. The molecule has 0 bridgehead atoms. The van der Waals surface area contributed by atoms with Crippen molar-refractivity contribution >= 4 is 15.7 Å². The smallest absolute Gasteiger partial charge is 0.276 e. The van der Waals surface area contributed by atoms with Gasteiger partial charge < -0.3 is 5.32 Å². The molecule has 2 rings (SSSR count). The number of likely N-dealkylation sites (N-methyl/N-ethyl adjacent to an activating group) is 1. The number of piperidine rings is 1. The lowest BCUT2D eigenvalue weighted by molar-refractivity contribution is -0.385. The molecule has 0 aliphatic carbocycles. The van der Waals surface area contributed by atoms with Gasteiger partial charge in [0.05, 0.1) is 15.4 Å². The molecule has 0 spiro atoms. The number of rotatable bonds is 4. The summed E-state index contributed by atoms with van der Waals surface area (Å²) in [7, 11) is -2.20. The highest BCUT2D eigenvalue weighted by atomic mass is 32.2. The maximum atomic E-state index is 13.8. The SMILES string of the molecule is CNC1CCCN(S(=O)(=O)c2cc(F)c(C)c([N+](=O)[O-])c2)C1. The zero-order chi connectivity index (χ0) is 16.5. The van der Waals surface area contributed by atoms with Gasteiger partial charge in [-0.15, -0.1) is 0 Å². The maximum Gasteiger partial charge on any atom is 0.276 e. The Balaban J connectivity index is 2.43. The highest BCUT2D eigenvalue weighted by Gasteiger charge is 2.32. The van der Waals surface area contributed by atoms with E-state index in [0.717, 1.165) is 18.6 Å². The largest absolute Gasteiger partial charge is 0.316 e. The first-order valence-corrected chi connectivity index (χ1v) is 8.33. The molecule has 1 N–H and O–H groups in total. The van der Waals surface area contributed by atoms with Crippen LogP contribution in [-0.2, 0) is 10.0 Å². The molecule has 1 aliphatic rings. The number of halogens is 1. The van der Waals surface area contributed by atoms with Crippen LogP contribution in [0.25, 0.3) is 0 Å². The van der Waals surface area contributed by atoms with Crippen molar-refractivity contribution in [2.24, 2.45) is 0 Å². The molecule has 7 nitrogen and oxygen atoms in total. The number of sulfonamides is 1. The lowest BCUT2D eigenvalue weighted by Gasteiger charge is -2.31. The lowest BCUT2D eigenvalue weighted by Crippen LogP contribution is -2.46. The van der Waals surface area contributed by atoms with Crippen LogP contribution >= 0.6 is 0 Å². The molecule has 1 unspecified atom stereocenters. The van der Waals surface area contributed by atoms with Crippen molar-refractivity contribution in [1.82, 2.24) is 9.62 Å². The summed E-state index contributed by atoms with van der Waals surface area (Å²) >= 11 is 0. The van der Waals surface area contributed by atoms with Crippen molar-refractivity contribution in [3.05, 3.63) is 33.6 Å². The van der Waals surface area contributed by atoms with E-state index >= 15 is 0 Å². The van der Waals surface area contributed by atoms with Crippen LogP contribution in [0.1, 0.15) is 18.4 Å². The minimum Gasteiger partial charge on any atom is -0.316 e. The zero-order valence-corrected chi connectivity index (χ0v) is 13.2. The summed E-state index contributed by atoms with van der Waals surface area (Å²) < 4.78 is 40.3. The quantitative estimate of drug-likeness (QED) is 0.665. The minimum atomic E-state index is -3.95. The fourth-order valence-corrected chi connectivity index (χ4v) is 4.08. The number of benzene rings is 1. The Morgan fingerprint density at radius 2 is 2.14 bits per heavy atom. The molecule has 22 heavy (non-hydrogen) atoms. The normalized spacial score (nSPS) is 20.0. The van der Waals surface area contributed by atoms with E-state index in [1.54, 1.807) is 7.05 Å². The Kier molecular flexibility index (Phi) is 4.78. The highest BCUT2D eigenvalue weighted by molar-refractivity contribution is 7.89. The maximum absolute atomic E-state index is 13.8. The van der Waals surface area contributed by atoms with Crippen LogP contribution in [-0.4, -0.2) is 43.8 Å². The lowest BCUT2D eigenvalue weighted by atomic mass is 10.1.